The first-order chi connectivity index (χ1) is 13.9. The van der Waals surface area contributed by atoms with Gasteiger partial charge >= 0.3 is 0 Å². The van der Waals surface area contributed by atoms with Gasteiger partial charge in [0.2, 0.25) is 11.9 Å². The fraction of sp³-hybridized carbons (Fsp3) is 0.421. The summed E-state index contributed by atoms with van der Waals surface area (Å²) < 4.78 is 0. The maximum absolute atomic E-state index is 11.4. The summed E-state index contributed by atoms with van der Waals surface area (Å²) in [5.41, 5.74) is 8.29. The van der Waals surface area contributed by atoms with E-state index in [1.807, 2.05) is 0 Å². The van der Waals surface area contributed by atoms with Crippen molar-refractivity contribution >= 4 is 34.7 Å². The topological polar surface area (TPSA) is 139 Å². The molecule has 2 heterocycles. The fourth-order valence-corrected chi connectivity index (χ4v) is 4.00. The average molecular weight is 397 g/mol. The van der Waals surface area contributed by atoms with Crippen LogP contribution in [0.15, 0.2) is 18.2 Å². The van der Waals surface area contributed by atoms with E-state index in [4.69, 9.17) is 10.7 Å². The maximum Gasteiger partial charge on any atom is 0.294 e. The van der Waals surface area contributed by atoms with E-state index in [0.29, 0.717) is 18.2 Å². The van der Waals surface area contributed by atoms with E-state index in [9.17, 15) is 14.9 Å². The number of nitro benzene ring substituents is 1. The van der Waals surface area contributed by atoms with Crippen molar-refractivity contribution in [3.8, 4) is 0 Å². The molecule has 10 heteroatoms. The number of hydrogen-bond donors (Lipinski definition) is 3. The Labute approximate surface area is 167 Å². The van der Waals surface area contributed by atoms with Crippen LogP contribution in [0, 0.1) is 10.1 Å². The minimum Gasteiger partial charge on any atom is -0.393 e. The highest BCUT2D eigenvalue weighted by molar-refractivity contribution is 5.73. The summed E-state index contributed by atoms with van der Waals surface area (Å²) in [6.07, 6.45) is 3.70. The minimum absolute atomic E-state index is 0.0305. The number of nitrogen functional groups attached to an aromatic ring is 1. The molecule has 1 saturated heterocycles. The van der Waals surface area contributed by atoms with E-state index >= 15 is 0 Å². The molecule has 0 saturated carbocycles. The summed E-state index contributed by atoms with van der Waals surface area (Å²) in [6.45, 7) is 3.04. The molecule has 2 aliphatic rings. The number of benzene rings is 1. The van der Waals surface area contributed by atoms with Gasteiger partial charge < -0.3 is 21.3 Å². The van der Waals surface area contributed by atoms with E-state index in [1.54, 1.807) is 6.07 Å². The van der Waals surface area contributed by atoms with Crippen LogP contribution in [0.1, 0.15) is 31.0 Å². The van der Waals surface area contributed by atoms with Gasteiger partial charge in [-0.2, -0.15) is 4.98 Å². The van der Waals surface area contributed by atoms with E-state index in [0.717, 1.165) is 49.3 Å². The lowest BCUT2D eigenvalue weighted by molar-refractivity contribution is -0.383. The average Bonchev–Trinajstić information content (AvgIpc) is 3.31. The Morgan fingerprint density at radius 1 is 1.34 bits per heavy atom. The first-order valence-corrected chi connectivity index (χ1v) is 9.63. The van der Waals surface area contributed by atoms with Crippen molar-refractivity contribution in [3.63, 3.8) is 0 Å². The highest BCUT2D eigenvalue weighted by Crippen LogP contribution is 2.33. The zero-order valence-electron chi connectivity index (χ0n) is 16.1. The van der Waals surface area contributed by atoms with Crippen LogP contribution >= 0.6 is 0 Å². The summed E-state index contributed by atoms with van der Waals surface area (Å²) in [5.74, 6) is 1.26. The molecule has 4 N–H and O–H groups in total. The third-order valence-corrected chi connectivity index (χ3v) is 5.29. The number of nitrogens with zero attached hydrogens (tertiary/aromatic N) is 4. The Balaban J connectivity index is 1.61. The third-order valence-electron chi connectivity index (χ3n) is 5.29. The summed E-state index contributed by atoms with van der Waals surface area (Å²) >= 11 is 0. The van der Waals surface area contributed by atoms with Gasteiger partial charge in [-0.3, -0.25) is 14.9 Å². The zero-order chi connectivity index (χ0) is 20.5. The molecule has 0 bridgehead atoms. The lowest BCUT2D eigenvalue weighted by Crippen LogP contribution is -2.36. The Morgan fingerprint density at radius 2 is 2.17 bits per heavy atom. The van der Waals surface area contributed by atoms with Gasteiger partial charge in [0.15, 0.2) is 0 Å². The second-order valence-electron chi connectivity index (χ2n) is 7.44. The molecule has 1 atom stereocenters. The summed E-state index contributed by atoms with van der Waals surface area (Å²) in [6, 6.07) is 4.65. The molecule has 1 aliphatic heterocycles. The lowest BCUT2D eigenvalue weighted by Gasteiger charge is -2.21. The van der Waals surface area contributed by atoms with E-state index in [-0.39, 0.29) is 23.3 Å². The van der Waals surface area contributed by atoms with Gasteiger partial charge in [-0.1, -0.05) is 0 Å². The van der Waals surface area contributed by atoms with Crippen molar-refractivity contribution in [1.29, 1.82) is 0 Å². The zero-order valence-corrected chi connectivity index (χ0v) is 16.1. The van der Waals surface area contributed by atoms with Gasteiger partial charge in [-0.05, 0) is 37.8 Å². The first-order valence-electron chi connectivity index (χ1n) is 9.63. The number of nitrogens with one attached hydrogen (secondary N) is 2. The monoisotopic (exact) mass is 397 g/mol. The van der Waals surface area contributed by atoms with Gasteiger partial charge in [0, 0.05) is 43.4 Å². The number of rotatable bonds is 5. The van der Waals surface area contributed by atoms with Gasteiger partial charge in [-0.25, -0.2) is 4.98 Å². The second-order valence-corrected chi connectivity index (χ2v) is 7.44. The number of aryl methyl sites for hydroxylation is 1. The molecular formula is C19H23N7O3. The van der Waals surface area contributed by atoms with Gasteiger partial charge in [0.05, 0.1) is 10.6 Å². The van der Waals surface area contributed by atoms with Gasteiger partial charge in [-0.15, -0.1) is 0 Å². The number of aromatic nitrogens is 2. The first kappa shape index (κ1) is 18.9. The second kappa shape index (κ2) is 7.53. The van der Waals surface area contributed by atoms with Crippen LogP contribution in [-0.4, -0.2) is 39.9 Å². The Kier molecular flexibility index (Phi) is 4.91. The number of nitro groups is 1. The molecular weight excluding hydrogens is 374 g/mol. The molecule has 0 spiro atoms. The molecule has 1 amide bonds. The summed E-state index contributed by atoms with van der Waals surface area (Å²) in [4.78, 5) is 33.5. The number of fused-ring (bicyclic) bond motifs is 1. The Morgan fingerprint density at radius 3 is 2.93 bits per heavy atom. The molecule has 1 aromatic heterocycles. The van der Waals surface area contributed by atoms with Crippen molar-refractivity contribution in [2.75, 3.05) is 29.0 Å². The van der Waals surface area contributed by atoms with Gasteiger partial charge in [0.1, 0.15) is 11.5 Å². The lowest BCUT2D eigenvalue weighted by atomic mass is 10.2. The third kappa shape index (κ3) is 3.91. The summed E-state index contributed by atoms with van der Waals surface area (Å²) in [5, 5.41) is 17.2. The quantitative estimate of drug-likeness (QED) is 0.395. The molecule has 1 aromatic carbocycles. The van der Waals surface area contributed by atoms with E-state index in [1.165, 1.54) is 19.1 Å². The van der Waals surface area contributed by atoms with Crippen LogP contribution in [0.2, 0.25) is 0 Å². The minimum atomic E-state index is -0.512. The fourth-order valence-electron chi connectivity index (χ4n) is 4.00. The number of amides is 1. The predicted molar refractivity (Wildman–Crippen MR) is 109 cm³/mol. The van der Waals surface area contributed by atoms with E-state index in [2.05, 4.69) is 20.5 Å². The van der Waals surface area contributed by atoms with Crippen LogP contribution in [0.3, 0.4) is 0 Å². The molecule has 0 unspecified atom stereocenters. The molecule has 1 fully saturated rings. The standard InChI is InChI=1S/C19H23N7O3/c1-11(27)21-13-7-8-25(10-13)18-14-3-2-4-16(14)23-19(24-18)22-12-5-6-15(20)17(9-12)26(28)29/h5-6,9,13H,2-4,7-8,10,20H2,1H3,(H,21,27)(H,22,23,24)/t13-/m0/s1. The number of carbonyl (C=O) groups excluding carboxylic acids is 1. The van der Waals surface area contributed by atoms with Crippen molar-refractivity contribution in [2.45, 2.75) is 38.6 Å². The molecule has 2 aromatic rings. The smallest absolute Gasteiger partial charge is 0.294 e. The highest BCUT2D eigenvalue weighted by Gasteiger charge is 2.29. The Hall–Kier alpha value is -3.43. The van der Waals surface area contributed by atoms with Gasteiger partial charge in [0.25, 0.3) is 5.69 Å². The molecule has 152 valence electrons. The van der Waals surface area contributed by atoms with Crippen LogP contribution in [0.5, 0.6) is 0 Å². The van der Waals surface area contributed by atoms with Crippen LogP contribution in [0.25, 0.3) is 0 Å². The molecule has 4 rings (SSSR count). The maximum atomic E-state index is 11.4. The van der Waals surface area contributed by atoms with Crippen molar-refractivity contribution in [2.24, 2.45) is 0 Å². The number of anilines is 4. The molecule has 29 heavy (non-hydrogen) atoms. The van der Waals surface area contributed by atoms with Crippen LogP contribution in [0.4, 0.5) is 28.8 Å². The normalized spacial score (nSPS) is 17.8. The Bertz CT molecular complexity index is 979. The van der Waals surface area contributed by atoms with Crippen LogP contribution in [-0.2, 0) is 17.6 Å². The van der Waals surface area contributed by atoms with Crippen molar-refractivity contribution in [1.82, 2.24) is 15.3 Å². The van der Waals surface area contributed by atoms with E-state index < -0.39 is 4.92 Å². The molecule has 0 radical (unpaired) electrons. The molecule has 10 nitrogen and oxygen atoms in total. The predicted octanol–water partition coefficient (Wildman–Crippen LogP) is 1.91. The molecule has 1 aliphatic carbocycles. The number of carbonyl (C=O) groups is 1. The largest absolute Gasteiger partial charge is 0.393 e. The number of hydrogen-bond acceptors (Lipinski definition) is 8. The summed E-state index contributed by atoms with van der Waals surface area (Å²) in [7, 11) is 0. The SMILES string of the molecule is CC(=O)N[C@H]1CCN(c2nc(Nc3ccc(N)c([N+](=O)[O-])c3)nc3c2CCC3)C1. The van der Waals surface area contributed by atoms with Crippen LogP contribution < -0.4 is 21.3 Å². The highest BCUT2D eigenvalue weighted by atomic mass is 16.6. The van der Waals surface area contributed by atoms with Crippen molar-refractivity contribution in [3.05, 3.63) is 39.6 Å². The van der Waals surface area contributed by atoms with Crippen molar-refractivity contribution < 1.29 is 9.72 Å². The number of nitrogens with two attached hydrogens (primary N) is 1.